The van der Waals surface area contributed by atoms with Gasteiger partial charge in [-0.15, -0.1) is 0 Å². The van der Waals surface area contributed by atoms with E-state index in [1.165, 1.54) is 0 Å². The number of rotatable bonds is 6. The molecule has 2 N–H and O–H groups in total. The third kappa shape index (κ3) is 4.67. The van der Waals surface area contributed by atoms with Gasteiger partial charge in [0, 0.05) is 31.6 Å². The molecule has 2 saturated heterocycles. The zero-order valence-corrected chi connectivity index (χ0v) is 19.0. The number of benzene rings is 2. The second kappa shape index (κ2) is 9.17. The van der Waals surface area contributed by atoms with Gasteiger partial charge in [-0.05, 0) is 43.0 Å². The average Bonchev–Trinajstić information content (AvgIpc) is 3.17. The van der Waals surface area contributed by atoms with E-state index in [4.69, 9.17) is 0 Å². The molecule has 33 heavy (non-hydrogen) atoms. The second-order valence-corrected chi connectivity index (χ2v) is 9.04. The van der Waals surface area contributed by atoms with Crippen molar-refractivity contribution >= 4 is 29.3 Å². The molecule has 2 heterocycles. The topological polar surface area (TPSA) is 95.6 Å². The van der Waals surface area contributed by atoms with Crippen molar-refractivity contribution in [1.82, 2.24) is 10.2 Å². The van der Waals surface area contributed by atoms with Gasteiger partial charge in [0.05, 0.1) is 11.3 Å². The number of hydrogen-bond acceptors (Lipinski definition) is 4. The summed E-state index contributed by atoms with van der Waals surface area (Å²) in [6, 6.07) is 15.2. The Morgan fingerprint density at radius 2 is 1.79 bits per heavy atom. The van der Waals surface area contributed by atoms with Gasteiger partial charge in [0.1, 0.15) is 0 Å². The van der Waals surface area contributed by atoms with E-state index in [0.717, 1.165) is 16.7 Å². The first-order valence-corrected chi connectivity index (χ1v) is 11.4. The van der Waals surface area contributed by atoms with Crippen molar-refractivity contribution in [3.8, 4) is 0 Å². The molecule has 0 radical (unpaired) electrons. The average molecular weight is 448 g/mol. The molecule has 172 valence electrons. The van der Waals surface area contributed by atoms with Crippen LogP contribution in [0.2, 0.25) is 0 Å². The standard InChI is InChI=1S/C26H29N3O4/c1-3-26(13-12-22(30)28-25(26)33)20-8-10-21(11-9-20)27-24(32)19-14-23(31)29(16-19)15-18-6-4-17(2)5-7-18/h4-11,19H,3,12-16H2,1-2H3,(H,27,32)(H,28,30,33). The molecule has 2 aliphatic heterocycles. The summed E-state index contributed by atoms with van der Waals surface area (Å²) in [5.74, 6) is -1.12. The van der Waals surface area contributed by atoms with E-state index in [0.29, 0.717) is 38.0 Å². The van der Waals surface area contributed by atoms with Gasteiger partial charge < -0.3 is 10.2 Å². The summed E-state index contributed by atoms with van der Waals surface area (Å²) in [5.41, 5.74) is 2.92. The molecular weight excluding hydrogens is 418 g/mol. The fourth-order valence-corrected chi connectivity index (χ4v) is 4.70. The molecule has 2 aromatic rings. The molecule has 7 nitrogen and oxygen atoms in total. The van der Waals surface area contributed by atoms with Gasteiger partial charge in [0.15, 0.2) is 0 Å². The van der Waals surface area contributed by atoms with Gasteiger partial charge >= 0.3 is 0 Å². The number of anilines is 1. The Balaban J connectivity index is 1.38. The Bertz CT molecular complexity index is 1080. The number of nitrogens with zero attached hydrogens (tertiary/aromatic N) is 1. The number of hydrogen-bond donors (Lipinski definition) is 2. The first kappa shape index (κ1) is 22.7. The van der Waals surface area contributed by atoms with Gasteiger partial charge in [0.2, 0.25) is 23.6 Å². The molecular formula is C26H29N3O4. The smallest absolute Gasteiger partial charge is 0.237 e. The zero-order valence-electron chi connectivity index (χ0n) is 19.0. The Hall–Kier alpha value is -3.48. The lowest BCUT2D eigenvalue weighted by Gasteiger charge is -2.35. The Labute approximate surface area is 193 Å². The van der Waals surface area contributed by atoms with Gasteiger partial charge in [-0.1, -0.05) is 48.9 Å². The van der Waals surface area contributed by atoms with Crippen LogP contribution in [-0.4, -0.2) is 35.1 Å². The highest BCUT2D eigenvalue weighted by molar-refractivity contribution is 6.03. The van der Waals surface area contributed by atoms with Crippen LogP contribution in [0.5, 0.6) is 0 Å². The van der Waals surface area contributed by atoms with Crippen molar-refractivity contribution < 1.29 is 19.2 Å². The van der Waals surface area contributed by atoms with Crippen molar-refractivity contribution in [2.24, 2.45) is 5.92 Å². The predicted molar refractivity (Wildman–Crippen MR) is 124 cm³/mol. The van der Waals surface area contributed by atoms with E-state index >= 15 is 0 Å². The number of aryl methyl sites for hydroxylation is 1. The van der Waals surface area contributed by atoms with Crippen LogP contribution in [0, 0.1) is 12.8 Å². The SMILES string of the molecule is CCC1(c2ccc(NC(=O)C3CC(=O)N(Cc4ccc(C)cc4)C3)cc2)CCC(=O)NC1=O. The molecule has 0 aromatic heterocycles. The van der Waals surface area contributed by atoms with E-state index in [9.17, 15) is 19.2 Å². The van der Waals surface area contributed by atoms with Crippen LogP contribution in [0.4, 0.5) is 5.69 Å². The lowest BCUT2D eigenvalue weighted by molar-refractivity contribution is -0.138. The summed E-state index contributed by atoms with van der Waals surface area (Å²) < 4.78 is 0. The minimum atomic E-state index is -0.731. The van der Waals surface area contributed by atoms with Crippen molar-refractivity contribution in [3.63, 3.8) is 0 Å². The van der Waals surface area contributed by atoms with Crippen LogP contribution in [-0.2, 0) is 31.1 Å². The summed E-state index contributed by atoms with van der Waals surface area (Å²) in [6.45, 7) is 4.85. The molecule has 2 fully saturated rings. The van der Waals surface area contributed by atoms with Gasteiger partial charge in [0.25, 0.3) is 0 Å². The van der Waals surface area contributed by atoms with Crippen LogP contribution < -0.4 is 10.6 Å². The van der Waals surface area contributed by atoms with Crippen LogP contribution in [0.1, 0.15) is 49.3 Å². The Morgan fingerprint density at radius 3 is 2.42 bits per heavy atom. The first-order valence-electron chi connectivity index (χ1n) is 11.4. The summed E-state index contributed by atoms with van der Waals surface area (Å²) in [4.78, 5) is 51.1. The number of nitrogens with one attached hydrogen (secondary N) is 2. The van der Waals surface area contributed by atoms with Crippen LogP contribution in [0.25, 0.3) is 0 Å². The van der Waals surface area contributed by atoms with E-state index in [2.05, 4.69) is 10.6 Å². The minimum Gasteiger partial charge on any atom is -0.338 e. The van der Waals surface area contributed by atoms with E-state index in [1.807, 2.05) is 50.2 Å². The Kier molecular flexibility index (Phi) is 6.31. The third-order valence-corrected chi connectivity index (χ3v) is 6.85. The first-order chi connectivity index (χ1) is 15.8. The number of imide groups is 1. The molecule has 2 aromatic carbocycles. The van der Waals surface area contributed by atoms with Crippen LogP contribution in [0.15, 0.2) is 48.5 Å². The van der Waals surface area contributed by atoms with Crippen LogP contribution in [0.3, 0.4) is 0 Å². The maximum Gasteiger partial charge on any atom is 0.237 e. The molecule has 7 heteroatoms. The normalized spacial score (nSPS) is 22.9. The molecule has 2 unspecified atom stereocenters. The van der Waals surface area contributed by atoms with Crippen molar-refractivity contribution in [1.29, 1.82) is 0 Å². The monoisotopic (exact) mass is 447 g/mol. The number of amides is 4. The second-order valence-electron chi connectivity index (χ2n) is 9.04. The summed E-state index contributed by atoms with van der Waals surface area (Å²) in [6.07, 6.45) is 1.56. The minimum absolute atomic E-state index is 0.0196. The van der Waals surface area contributed by atoms with E-state index in [-0.39, 0.29) is 30.0 Å². The maximum atomic E-state index is 12.8. The van der Waals surface area contributed by atoms with Gasteiger partial charge in [-0.25, -0.2) is 0 Å². The van der Waals surface area contributed by atoms with E-state index in [1.54, 1.807) is 17.0 Å². The highest BCUT2D eigenvalue weighted by atomic mass is 16.2. The van der Waals surface area contributed by atoms with Gasteiger partial charge in [-0.3, -0.25) is 24.5 Å². The largest absolute Gasteiger partial charge is 0.338 e. The van der Waals surface area contributed by atoms with E-state index < -0.39 is 11.3 Å². The molecule has 4 rings (SSSR count). The van der Waals surface area contributed by atoms with Crippen LogP contribution >= 0.6 is 0 Å². The molecule has 0 saturated carbocycles. The van der Waals surface area contributed by atoms with Gasteiger partial charge in [-0.2, -0.15) is 0 Å². The summed E-state index contributed by atoms with van der Waals surface area (Å²) in [7, 11) is 0. The lowest BCUT2D eigenvalue weighted by atomic mass is 9.72. The summed E-state index contributed by atoms with van der Waals surface area (Å²) in [5, 5.41) is 5.35. The molecule has 2 aliphatic rings. The molecule has 0 bridgehead atoms. The number of likely N-dealkylation sites (tertiary alicyclic amines) is 1. The predicted octanol–water partition coefficient (Wildman–Crippen LogP) is 3.07. The van der Waals surface area contributed by atoms with Crippen molar-refractivity contribution in [2.45, 2.75) is 51.5 Å². The van der Waals surface area contributed by atoms with Crippen molar-refractivity contribution in [3.05, 3.63) is 65.2 Å². The molecule has 4 amide bonds. The zero-order chi connectivity index (χ0) is 23.6. The third-order valence-electron chi connectivity index (χ3n) is 6.85. The lowest BCUT2D eigenvalue weighted by Crippen LogP contribution is -2.51. The fourth-order valence-electron chi connectivity index (χ4n) is 4.70. The van der Waals surface area contributed by atoms with Crippen molar-refractivity contribution in [2.75, 3.05) is 11.9 Å². The highest BCUT2D eigenvalue weighted by Gasteiger charge is 2.42. The molecule has 0 spiro atoms. The fraction of sp³-hybridized carbons (Fsp3) is 0.385. The quantitative estimate of drug-likeness (QED) is 0.666. The number of carbonyl (C=O) groups is 4. The molecule has 0 aliphatic carbocycles. The summed E-state index contributed by atoms with van der Waals surface area (Å²) >= 11 is 0. The maximum absolute atomic E-state index is 12.8. The molecule has 2 atom stereocenters. The highest BCUT2D eigenvalue weighted by Crippen LogP contribution is 2.36. The number of piperidine rings is 1. The number of carbonyl (C=O) groups excluding carboxylic acids is 4. The Morgan fingerprint density at radius 1 is 1.09 bits per heavy atom.